The Bertz CT molecular complexity index is 596. The first-order valence-corrected chi connectivity index (χ1v) is 6.91. The van der Waals surface area contributed by atoms with E-state index >= 15 is 0 Å². The monoisotopic (exact) mass is 313 g/mol. The fraction of sp³-hybridized carbons (Fsp3) is 0.273. The SMILES string of the molecule is C=C(C)CNS(=O)(=O)c1ccc(Cl)cc1C(F)(F)F. The van der Waals surface area contributed by atoms with Crippen molar-refractivity contribution in [3.05, 3.63) is 40.9 Å². The quantitative estimate of drug-likeness (QED) is 0.868. The average molecular weight is 314 g/mol. The van der Waals surface area contributed by atoms with E-state index in [0.29, 0.717) is 11.6 Å². The molecule has 0 radical (unpaired) electrons. The van der Waals surface area contributed by atoms with E-state index in [0.717, 1.165) is 12.1 Å². The van der Waals surface area contributed by atoms with Gasteiger partial charge in [0.25, 0.3) is 0 Å². The summed E-state index contributed by atoms with van der Waals surface area (Å²) in [5.74, 6) is 0. The number of sulfonamides is 1. The lowest BCUT2D eigenvalue weighted by Crippen LogP contribution is -2.27. The van der Waals surface area contributed by atoms with Crippen molar-refractivity contribution in [2.45, 2.75) is 18.0 Å². The van der Waals surface area contributed by atoms with Gasteiger partial charge in [-0.1, -0.05) is 23.8 Å². The summed E-state index contributed by atoms with van der Waals surface area (Å²) in [6, 6.07) is 2.49. The molecule has 1 rings (SSSR count). The number of alkyl halides is 3. The first-order valence-electron chi connectivity index (χ1n) is 5.05. The maximum absolute atomic E-state index is 12.8. The van der Waals surface area contributed by atoms with Gasteiger partial charge < -0.3 is 0 Å². The van der Waals surface area contributed by atoms with Gasteiger partial charge in [-0.25, -0.2) is 13.1 Å². The lowest BCUT2D eigenvalue weighted by Gasteiger charge is -2.14. The van der Waals surface area contributed by atoms with Crippen molar-refractivity contribution in [1.82, 2.24) is 4.72 Å². The standard InChI is InChI=1S/C11H11ClF3NO2S/c1-7(2)6-16-19(17,18)10-4-3-8(12)5-9(10)11(13,14)15/h3-5,16H,1,6H2,2H3. The molecule has 3 nitrogen and oxygen atoms in total. The average Bonchev–Trinajstić information content (AvgIpc) is 2.25. The van der Waals surface area contributed by atoms with Crippen LogP contribution in [0.5, 0.6) is 0 Å². The Labute approximate surface area is 114 Å². The highest BCUT2D eigenvalue weighted by Crippen LogP contribution is 2.35. The molecule has 0 aromatic heterocycles. The van der Waals surface area contributed by atoms with Gasteiger partial charge in [-0.05, 0) is 25.1 Å². The van der Waals surface area contributed by atoms with Gasteiger partial charge in [0.1, 0.15) is 0 Å². The van der Waals surface area contributed by atoms with E-state index in [2.05, 4.69) is 6.58 Å². The number of hydrogen-bond acceptors (Lipinski definition) is 2. The van der Waals surface area contributed by atoms with Crippen molar-refractivity contribution in [2.24, 2.45) is 0 Å². The van der Waals surface area contributed by atoms with Crippen LogP contribution < -0.4 is 4.72 Å². The van der Waals surface area contributed by atoms with Crippen LogP contribution in [0, 0.1) is 0 Å². The minimum atomic E-state index is -4.81. The maximum Gasteiger partial charge on any atom is 0.417 e. The minimum Gasteiger partial charge on any atom is -0.207 e. The molecule has 0 aliphatic rings. The molecule has 0 aliphatic carbocycles. The summed E-state index contributed by atoms with van der Waals surface area (Å²) in [6.45, 7) is 4.88. The van der Waals surface area contributed by atoms with Crippen molar-refractivity contribution in [2.75, 3.05) is 6.54 Å². The first-order chi connectivity index (χ1) is 8.54. The van der Waals surface area contributed by atoms with E-state index < -0.39 is 26.7 Å². The number of halogens is 4. The molecule has 106 valence electrons. The fourth-order valence-electron chi connectivity index (χ4n) is 1.25. The summed E-state index contributed by atoms with van der Waals surface area (Å²) in [7, 11) is -4.28. The molecule has 0 unspecified atom stereocenters. The Kier molecular flexibility index (Phi) is 4.65. The number of benzene rings is 1. The Morgan fingerprint density at radius 2 is 2.00 bits per heavy atom. The summed E-state index contributed by atoms with van der Waals surface area (Å²) in [4.78, 5) is -0.856. The molecular formula is C11H11ClF3NO2S. The van der Waals surface area contributed by atoms with Gasteiger partial charge in [0.05, 0.1) is 10.5 Å². The zero-order valence-corrected chi connectivity index (χ0v) is 11.5. The highest BCUT2D eigenvalue weighted by Gasteiger charge is 2.37. The molecule has 0 spiro atoms. The van der Waals surface area contributed by atoms with Crippen LogP contribution in [0.2, 0.25) is 5.02 Å². The van der Waals surface area contributed by atoms with E-state index in [9.17, 15) is 21.6 Å². The van der Waals surface area contributed by atoms with Crippen molar-refractivity contribution in [1.29, 1.82) is 0 Å². The topological polar surface area (TPSA) is 46.2 Å². The molecule has 1 N–H and O–H groups in total. The largest absolute Gasteiger partial charge is 0.417 e. The summed E-state index contributed by atoms with van der Waals surface area (Å²) < 4.78 is 64.0. The zero-order chi connectivity index (χ0) is 14.8. The van der Waals surface area contributed by atoms with Crippen LogP contribution in [0.4, 0.5) is 13.2 Å². The minimum absolute atomic E-state index is 0.137. The zero-order valence-electron chi connectivity index (χ0n) is 9.88. The van der Waals surface area contributed by atoms with Gasteiger partial charge in [0.2, 0.25) is 10.0 Å². The van der Waals surface area contributed by atoms with E-state index in [4.69, 9.17) is 11.6 Å². The van der Waals surface area contributed by atoms with Gasteiger partial charge >= 0.3 is 6.18 Å². The number of hydrogen-bond donors (Lipinski definition) is 1. The predicted molar refractivity (Wildman–Crippen MR) is 66.5 cm³/mol. The highest BCUT2D eigenvalue weighted by molar-refractivity contribution is 7.89. The molecule has 0 heterocycles. The molecule has 0 saturated heterocycles. The van der Waals surface area contributed by atoms with E-state index in [1.807, 2.05) is 4.72 Å². The summed E-state index contributed by atoms with van der Waals surface area (Å²) in [6.07, 6.45) is -4.81. The van der Waals surface area contributed by atoms with Crippen LogP contribution in [0.1, 0.15) is 12.5 Å². The first kappa shape index (κ1) is 16.0. The smallest absolute Gasteiger partial charge is 0.207 e. The fourth-order valence-corrected chi connectivity index (χ4v) is 2.73. The Hall–Kier alpha value is -1.05. The molecule has 1 aromatic rings. The van der Waals surface area contributed by atoms with Crippen molar-refractivity contribution in [3.8, 4) is 0 Å². The van der Waals surface area contributed by atoms with E-state index in [1.54, 1.807) is 6.92 Å². The van der Waals surface area contributed by atoms with Crippen LogP contribution in [-0.4, -0.2) is 15.0 Å². The van der Waals surface area contributed by atoms with Gasteiger partial charge in [-0.15, -0.1) is 0 Å². The lowest BCUT2D eigenvalue weighted by molar-refractivity contribution is -0.139. The molecule has 19 heavy (non-hydrogen) atoms. The van der Waals surface area contributed by atoms with Crippen LogP contribution in [-0.2, 0) is 16.2 Å². The van der Waals surface area contributed by atoms with Gasteiger partial charge in [0, 0.05) is 11.6 Å². The second-order valence-electron chi connectivity index (χ2n) is 3.92. The van der Waals surface area contributed by atoms with E-state index in [-0.39, 0.29) is 11.6 Å². The Morgan fingerprint density at radius 3 is 2.47 bits per heavy atom. The van der Waals surface area contributed by atoms with E-state index in [1.165, 1.54) is 0 Å². The van der Waals surface area contributed by atoms with Gasteiger partial charge in [-0.2, -0.15) is 13.2 Å². The third-order valence-corrected chi connectivity index (χ3v) is 3.79. The summed E-state index contributed by atoms with van der Waals surface area (Å²) in [5.41, 5.74) is -0.819. The normalized spacial score (nSPS) is 12.5. The summed E-state index contributed by atoms with van der Waals surface area (Å²) >= 11 is 5.47. The molecule has 0 bridgehead atoms. The lowest BCUT2D eigenvalue weighted by atomic mass is 10.2. The molecule has 1 aromatic carbocycles. The molecule has 0 atom stereocenters. The number of rotatable bonds is 4. The van der Waals surface area contributed by atoms with Gasteiger partial charge in [0.15, 0.2) is 0 Å². The van der Waals surface area contributed by atoms with Crippen molar-refractivity contribution >= 4 is 21.6 Å². The van der Waals surface area contributed by atoms with Crippen LogP contribution in [0.15, 0.2) is 35.2 Å². The van der Waals surface area contributed by atoms with Crippen LogP contribution >= 0.6 is 11.6 Å². The van der Waals surface area contributed by atoms with Crippen molar-refractivity contribution in [3.63, 3.8) is 0 Å². The highest BCUT2D eigenvalue weighted by atomic mass is 35.5. The molecule has 8 heteroatoms. The third kappa shape index (κ3) is 4.22. The Balaban J connectivity index is 3.31. The van der Waals surface area contributed by atoms with Crippen molar-refractivity contribution < 1.29 is 21.6 Å². The summed E-state index contributed by atoms with van der Waals surface area (Å²) in [5, 5.41) is -0.189. The second-order valence-corrected chi connectivity index (χ2v) is 6.09. The van der Waals surface area contributed by atoms with Gasteiger partial charge in [-0.3, -0.25) is 0 Å². The molecule has 0 fully saturated rings. The second kappa shape index (κ2) is 5.52. The predicted octanol–water partition coefficient (Wildman–Crippen LogP) is 3.21. The van der Waals surface area contributed by atoms with Crippen LogP contribution in [0.3, 0.4) is 0 Å². The molecular weight excluding hydrogens is 303 g/mol. The molecule has 0 aliphatic heterocycles. The van der Waals surface area contributed by atoms with Crippen LogP contribution in [0.25, 0.3) is 0 Å². The molecule has 0 saturated carbocycles. The third-order valence-electron chi connectivity index (χ3n) is 2.10. The molecule has 0 amide bonds. The number of nitrogens with one attached hydrogen (secondary N) is 1. The maximum atomic E-state index is 12.8. The Morgan fingerprint density at radius 1 is 1.42 bits per heavy atom.